The van der Waals surface area contributed by atoms with E-state index in [1.165, 1.54) is 0 Å². The highest BCUT2D eigenvalue weighted by molar-refractivity contribution is 5.87. The lowest BCUT2D eigenvalue weighted by molar-refractivity contribution is 0.137. The highest BCUT2D eigenvalue weighted by Gasteiger charge is 2.23. The van der Waals surface area contributed by atoms with E-state index in [-0.39, 0.29) is 0 Å². The van der Waals surface area contributed by atoms with Crippen molar-refractivity contribution in [2.24, 2.45) is 5.73 Å². The number of benzene rings is 1. The Morgan fingerprint density at radius 2 is 2.10 bits per heavy atom. The highest BCUT2D eigenvalue weighted by Crippen LogP contribution is 2.21. The molecule has 0 radical (unpaired) electrons. The molecule has 5 heteroatoms. The normalized spacial score (nSPS) is 24.1. The van der Waals surface area contributed by atoms with Crippen molar-refractivity contribution >= 4 is 16.7 Å². The Hall–Kier alpha value is -1.72. The van der Waals surface area contributed by atoms with Gasteiger partial charge in [0, 0.05) is 24.0 Å². The van der Waals surface area contributed by atoms with Crippen LogP contribution in [0.15, 0.2) is 24.3 Å². The standard InChI is InChI=1S/C15H21N5/c1-10-8-11(16)6-7-20(10)9-14-18-13-5-3-2-4-12(13)15(17)19-14/h2-5,10-11H,6-9,16H2,1H3,(H2,17,18,19). The second-order valence-corrected chi connectivity index (χ2v) is 5.65. The van der Waals surface area contributed by atoms with Crippen LogP contribution in [0.5, 0.6) is 0 Å². The number of nitrogens with zero attached hydrogens (tertiary/aromatic N) is 3. The van der Waals surface area contributed by atoms with E-state index in [4.69, 9.17) is 11.5 Å². The van der Waals surface area contributed by atoms with Crippen LogP contribution in [-0.4, -0.2) is 33.5 Å². The van der Waals surface area contributed by atoms with E-state index >= 15 is 0 Å². The largest absolute Gasteiger partial charge is 0.383 e. The van der Waals surface area contributed by atoms with Crippen LogP contribution in [0.1, 0.15) is 25.6 Å². The molecule has 4 N–H and O–H groups in total. The molecule has 20 heavy (non-hydrogen) atoms. The van der Waals surface area contributed by atoms with Crippen LogP contribution in [0.2, 0.25) is 0 Å². The lowest BCUT2D eigenvalue weighted by atomic mass is 9.99. The van der Waals surface area contributed by atoms with E-state index in [1.807, 2.05) is 24.3 Å². The first-order valence-corrected chi connectivity index (χ1v) is 7.14. The van der Waals surface area contributed by atoms with Crippen LogP contribution in [0.25, 0.3) is 10.9 Å². The third-order valence-corrected chi connectivity index (χ3v) is 4.08. The summed E-state index contributed by atoms with van der Waals surface area (Å²) in [6, 6.07) is 8.65. The lowest BCUT2D eigenvalue weighted by Crippen LogP contribution is -2.45. The monoisotopic (exact) mass is 271 g/mol. The summed E-state index contributed by atoms with van der Waals surface area (Å²) in [5.41, 5.74) is 12.9. The Labute approximate surface area is 119 Å². The minimum atomic E-state index is 0.323. The summed E-state index contributed by atoms with van der Waals surface area (Å²) < 4.78 is 0. The number of para-hydroxylation sites is 1. The van der Waals surface area contributed by atoms with Crippen molar-refractivity contribution in [1.29, 1.82) is 0 Å². The molecule has 2 unspecified atom stereocenters. The minimum absolute atomic E-state index is 0.323. The third kappa shape index (κ3) is 2.59. The average Bonchev–Trinajstić information content (AvgIpc) is 2.42. The van der Waals surface area contributed by atoms with Crippen LogP contribution < -0.4 is 11.5 Å². The molecule has 1 aliphatic rings. The van der Waals surface area contributed by atoms with Crippen molar-refractivity contribution in [3.8, 4) is 0 Å². The SMILES string of the molecule is CC1CC(N)CCN1Cc1nc(N)c2ccccc2n1. The molecule has 106 valence electrons. The maximum absolute atomic E-state index is 6.03. The Morgan fingerprint density at radius 1 is 1.30 bits per heavy atom. The van der Waals surface area contributed by atoms with Gasteiger partial charge in [-0.2, -0.15) is 0 Å². The second kappa shape index (κ2) is 5.34. The van der Waals surface area contributed by atoms with E-state index in [0.717, 1.165) is 42.7 Å². The van der Waals surface area contributed by atoms with Gasteiger partial charge in [0.25, 0.3) is 0 Å². The molecule has 2 atom stereocenters. The van der Waals surface area contributed by atoms with E-state index in [0.29, 0.717) is 17.9 Å². The van der Waals surface area contributed by atoms with Crippen molar-refractivity contribution < 1.29 is 0 Å². The predicted molar refractivity (Wildman–Crippen MR) is 81.0 cm³/mol. The first kappa shape index (κ1) is 13.3. The third-order valence-electron chi connectivity index (χ3n) is 4.08. The van der Waals surface area contributed by atoms with Crippen LogP contribution in [0.3, 0.4) is 0 Å². The number of fused-ring (bicyclic) bond motifs is 1. The van der Waals surface area contributed by atoms with Crippen molar-refractivity contribution in [1.82, 2.24) is 14.9 Å². The quantitative estimate of drug-likeness (QED) is 0.865. The Kier molecular flexibility index (Phi) is 3.54. The van der Waals surface area contributed by atoms with Crippen LogP contribution >= 0.6 is 0 Å². The highest BCUT2D eigenvalue weighted by atomic mass is 15.2. The zero-order chi connectivity index (χ0) is 14.1. The average molecular weight is 271 g/mol. The van der Waals surface area contributed by atoms with Gasteiger partial charge in [-0.1, -0.05) is 12.1 Å². The number of anilines is 1. The molecule has 0 amide bonds. The van der Waals surface area contributed by atoms with Gasteiger partial charge < -0.3 is 11.5 Å². The van der Waals surface area contributed by atoms with Gasteiger partial charge >= 0.3 is 0 Å². The summed E-state index contributed by atoms with van der Waals surface area (Å²) in [6.07, 6.45) is 2.07. The van der Waals surface area contributed by atoms with Crippen molar-refractivity contribution in [2.75, 3.05) is 12.3 Å². The Bertz CT molecular complexity index is 612. The summed E-state index contributed by atoms with van der Waals surface area (Å²) in [4.78, 5) is 11.4. The first-order valence-electron chi connectivity index (χ1n) is 7.14. The number of hydrogen-bond acceptors (Lipinski definition) is 5. The summed E-state index contributed by atoms with van der Waals surface area (Å²) in [7, 11) is 0. The molecule has 0 bridgehead atoms. The fourth-order valence-electron chi connectivity index (χ4n) is 2.90. The number of hydrogen-bond donors (Lipinski definition) is 2. The molecule has 3 rings (SSSR count). The zero-order valence-corrected chi connectivity index (χ0v) is 11.8. The first-order chi connectivity index (χ1) is 9.63. The van der Waals surface area contributed by atoms with Crippen molar-refractivity contribution in [3.05, 3.63) is 30.1 Å². The molecule has 0 saturated carbocycles. The smallest absolute Gasteiger partial charge is 0.145 e. The van der Waals surface area contributed by atoms with Gasteiger partial charge in [-0.3, -0.25) is 4.90 Å². The number of nitrogens with two attached hydrogens (primary N) is 2. The minimum Gasteiger partial charge on any atom is -0.383 e. The number of piperidine rings is 1. The van der Waals surface area contributed by atoms with E-state index < -0.39 is 0 Å². The molecule has 2 heterocycles. The molecule has 2 aromatic rings. The summed E-state index contributed by atoms with van der Waals surface area (Å²) in [6.45, 7) is 3.95. The summed E-state index contributed by atoms with van der Waals surface area (Å²) >= 11 is 0. The number of nitrogen functional groups attached to an aromatic ring is 1. The number of likely N-dealkylation sites (tertiary alicyclic amines) is 1. The molecular formula is C15H21N5. The molecular weight excluding hydrogens is 250 g/mol. The van der Waals surface area contributed by atoms with Gasteiger partial charge in [0.05, 0.1) is 12.1 Å². The maximum Gasteiger partial charge on any atom is 0.145 e. The molecule has 1 saturated heterocycles. The summed E-state index contributed by atoms with van der Waals surface area (Å²) in [5, 5.41) is 0.921. The van der Waals surface area contributed by atoms with Gasteiger partial charge in [0.1, 0.15) is 11.6 Å². The maximum atomic E-state index is 6.03. The van der Waals surface area contributed by atoms with Crippen LogP contribution in [-0.2, 0) is 6.54 Å². The van der Waals surface area contributed by atoms with E-state index in [1.54, 1.807) is 0 Å². The lowest BCUT2D eigenvalue weighted by Gasteiger charge is -2.35. The molecule has 1 aromatic carbocycles. The second-order valence-electron chi connectivity index (χ2n) is 5.65. The Morgan fingerprint density at radius 3 is 2.90 bits per heavy atom. The van der Waals surface area contributed by atoms with Crippen molar-refractivity contribution in [2.45, 2.75) is 38.4 Å². The fraction of sp³-hybridized carbons (Fsp3) is 0.467. The predicted octanol–water partition coefficient (Wildman–Crippen LogP) is 1.52. The topological polar surface area (TPSA) is 81.1 Å². The van der Waals surface area contributed by atoms with Gasteiger partial charge in [0.15, 0.2) is 0 Å². The number of rotatable bonds is 2. The van der Waals surface area contributed by atoms with Gasteiger partial charge in [-0.05, 0) is 31.9 Å². The fourth-order valence-corrected chi connectivity index (χ4v) is 2.90. The van der Waals surface area contributed by atoms with Crippen LogP contribution in [0, 0.1) is 0 Å². The zero-order valence-electron chi connectivity index (χ0n) is 11.8. The molecule has 0 aliphatic carbocycles. The van der Waals surface area contributed by atoms with Gasteiger partial charge in [-0.25, -0.2) is 9.97 Å². The molecule has 0 spiro atoms. The molecule has 1 aromatic heterocycles. The number of aromatic nitrogens is 2. The molecule has 1 fully saturated rings. The van der Waals surface area contributed by atoms with Crippen molar-refractivity contribution in [3.63, 3.8) is 0 Å². The van der Waals surface area contributed by atoms with E-state index in [2.05, 4.69) is 21.8 Å². The Balaban J connectivity index is 1.84. The molecule has 5 nitrogen and oxygen atoms in total. The van der Waals surface area contributed by atoms with E-state index in [9.17, 15) is 0 Å². The molecule has 1 aliphatic heterocycles. The van der Waals surface area contributed by atoms with Crippen LogP contribution in [0.4, 0.5) is 5.82 Å². The van der Waals surface area contributed by atoms with Gasteiger partial charge in [0.2, 0.25) is 0 Å². The summed E-state index contributed by atoms with van der Waals surface area (Å²) in [5.74, 6) is 1.36. The van der Waals surface area contributed by atoms with Gasteiger partial charge in [-0.15, -0.1) is 0 Å².